The molecule has 1 aromatic carbocycles. The number of amides is 1. The lowest BCUT2D eigenvalue weighted by molar-refractivity contribution is -0.117. The second-order valence-corrected chi connectivity index (χ2v) is 5.46. The highest BCUT2D eigenvalue weighted by molar-refractivity contribution is 7.80. The van der Waals surface area contributed by atoms with Crippen LogP contribution in [0, 0.1) is 5.92 Å². The van der Waals surface area contributed by atoms with E-state index in [1.807, 2.05) is 0 Å². The number of anilines is 1. The SMILES string of the molecule is O=C1CC(CS)CN1c1nnc(-c2ccc(Cl)cc2)o1. The Morgan fingerprint density at radius 2 is 2.10 bits per heavy atom. The Bertz CT molecular complexity index is 629. The molecule has 0 N–H and O–H groups in total. The Labute approximate surface area is 126 Å². The molecule has 5 nitrogen and oxygen atoms in total. The topological polar surface area (TPSA) is 59.2 Å². The lowest BCUT2D eigenvalue weighted by Gasteiger charge is -2.09. The number of aromatic nitrogens is 2. The molecule has 0 spiro atoms. The van der Waals surface area contributed by atoms with Crippen molar-refractivity contribution in [3.8, 4) is 11.5 Å². The highest BCUT2D eigenvalue weighted by Crippen LogP contribution is 2.28. The second kappa shape index (κ2) is 5.46. The predicted octanol–water partition coefficient (Wildman–Crippen LogP) is 2.67. The minimum absolute atomic E-state index is 0.00430. The van der Waals surface area contributed by atoms with Crippen molar-refractivity contribution in [3.05, 3.63) is 29.3 Å². The largest absolute Gasteiger partial charge is 0.403 e. The zero-order valence-electron chi connectivity index (χ0n) is 10.5. The molecule has 1 aliphatic heterocycles. The standard InChI is InChI=1S/C13H12ClN3O2S/c14-10-3-1-9(2-4-10)12-15-16-13(19-12)17-6-8(7-20)5-11(17)18/h1-4,8,20H,5-7H2. The van der Waals surface area contributed by atoms with E-state index in [1.165, 1.54) is 4.90 Å². The van der Waals surface area contributed by atoms with Crippen LogP contribution in [0.4, 0.5) is 6.01 Å². The molecule has 1 fully saturated rings. The van der Waals surface area contributed by atoms with Gasteiger partial charge >= 0.3 is 6.01 Å². The maximum absolute atomic E-state index is 11.9. The van der Waals surface area contributed by atoms with Gasteiger partial charge in [-0.1, -0.05) is 16.7 Å². The fraction of sp³-hybridized carbons (Fsp3) is 0.308. The smallest absolute Gasteiger partial charge is 0.325 e. The van der Waals surface area contributed by atoms with Gasteiger partial charge in [-0.15, -0.1) is 5.10 Å². The van der Waals surface area contributed by atoms with Gasteiger partial charge in [0.1, 0.15) is 0 Å². The molecule has 2 heterocycles. The van der Waals surface area contributed by atoms with Crippen molar-refractivity contribution in [2.24, 2.45) is 5.92 Å². The van der Waals surface area contributed by atoms with Crippen LogP contribution in [0.2, 0.25) is 5.02 Å². The van der Waals surface area contributed by atoms with Gasteiger partial charge in [-0.25, -0.2) is 0 Å². The number of nitrogens with zero attached hydrogens (tertiary/aromatic N) is 3. The normalized spacial score (nSPS) is 18.8. The summed E-state index contributed by atoms with van der Waals surface area (Å²) in [5.41, 5.74) is 0.769. The molecule has 1 aliphatic rings. The third-order valence-corrected chi connectivity index (χ3v) is 3.97. The van der Waals surface area contributed by atoms with Gasteiger partial charge in [0.25, 0.3) is 0 Å². The van der Waals surface area contributed by atoms with Crippen LogP contribution in [0.15, 0.2) is 28.7 Å². The summed E-state index contributed by atoms with van der Waals surface area (Å²) >= 11 is 10.1. The number of carbonyl (C=O) groups is 1. The monoisotopic (exact) mass is 309 g/mol. The van der Waals surface area contributed by atoms with E-state index >= 15 is 0 Å². The van der Waals surface area contributed by atoms with Crippen LogP contribution in [-0.2, 0) is 4.79 Å². The van der Waals surface area contributed by atoms with Gasteiger partial charge in [0.2, 0.25) is 11.8 Å². The summed E-state index contributed by atoms with van der Waals surface area (Å²) in [6.07, 6.45) is 0.474. The van der Waals surface area contributed by atoms with Gasteiger partial charge in [-0.3, -0.25) is 9.69 Å². The summed E-state index contributed by atoms with van der Waals surface area (Å²) in [6.45, 7) is 0.574. The van der Waals surface area contributed by atoms with Crippen LogP contribution in [0.5, 0.6) is 0 Å². The molecular formula is C13H12ClN3O2S. The third kappa shape index (κ3) is 2.53. The molecule has 3 rings (SSSR count). The average molecular weight is 310 g/mol. The Hall–Kier alpha value is -1.53. The zero-order valence-corrected chi connectivity index (χ0v) is 12.1. The molecule has 1 atom stereocenters. The summed E-state index contributed by atoms with van der Waals surface area (Å²) in [6, 6.07) is 7.32. The zero-order chi connectivity index (χ0) is 14.1. The Kier molecular flexibility index (Phi) is 3.67. The quantitative estimate of drug-likeness (QED) is 0.886. The molecule has 1 saturated heterocycles. The van der Waals surface area contributed by atoms with Crippen molar-refractivity contribution >= 4 is 36.2 Å². The molecule has 1 aromatic heterocycles. The van der Waals surface area contributed by atoms with Crippen molar-refractivity contribution in [1.29, 1.82) is 0 Å². The summed E-state index contributed by atoms with van der Waals surface area (Å²) in [5.74, 6) is 1.27. The van der Waals surface area contributed by atoms with Gasteiger partial charge in [-0.2, -0.15) is 12.6 Å². The molecule has 0 aliphatic carbocycles. The molecule has 1 unspecified atom stereocenters. The van der Waals surface area contributed by atoms with E-state index in [-0.39, 0.29) is 17.8 Å². The molecule has 0 bridgehead atoms. The van der Waals surface area contributed by atoms with Gasteiger partial charge in [0.15, 0.2) is 0 Å². The number of rotatable bonds is 3. The van der Waals surface area contributed by atoms with Gasteiger partial charge in [-0.05, 0) is 35.9 Å². The summed E-state index contributed by atoms with van der Waals surface area (Å²) in [4.78, 5) is 13.4. The lowest BCUT2D eigenvalue weighted by Crippen LogP contribution is -2.24. The predicted molar refractivity (Wildman–Crippen MR) is 79.1 cm³/mol. The van der Waals surface area contributed by atoms with Crippen molar-refractivity contribution in [1.82, 2.24) is 10.2 Å². The highest BCUT2D eigenvalue weighted by Gasteiger charge is 2.33. The fourth-order valence-corrected chi connectivity index (χ4v) is 2.49. The van der Waals surface area contributed by atoms with Crippen molar-refractivity contribution < 1.29 is 9.21 Å². The van der Waals surface area contributed by atoms with Crippen LogP contribution in [0.1, 0.15) is 6.42 Å². The third-order valence-electron chi connectivity index (χ3n) is 3.20. The Morgan fingerprint density at radius 1 is 1.35 bits per heavy atom. The van der Waals surface area contributed by atoms with Gasteiger partial charge in [0.05, 0.1) is 0 Å². The summed E-state index contributed by atoms with van der Waals surface area (Å²) in [5, 5.41) is 8.56. The second-order valence-electron chi connectivity index (χ2n) is 4.65. The minimum atomic E-state index is -0.00430. The van der Waals surface area contributed by atoms with E-state index in [0.29, 0.717) is 29.6 Å². The molecule has 1 amide bonds. The maximum Gasteiger partial charge on any atom is 0.325 e. The van der Waals surface area contributed by atoms with E-state index < -0.39 is 0 Å². The first-order chi connectivity index (χ1) is 9.67. The van der Waals surface area contributed by atoms with Crippen molar-refractivity contribution in [2.75, 3.05) is 17.2 Å². The number of hydrogen-bond donors (Lipinski definition) is 1. The van der Waals surface area contributed by atoms with E-state index in [0.717, 1.165) is 5.56 Å². The lowest BCUT2D eigenvalue weighted by atomic mass is 10.1. The van der Waals surface area contributed by atoms with Crippen LogP contribution < -0.4 is 4.90 Å². The highest BCUT2D eigenvalue weighted by atomic mass is 35.5. The number of halogens is 1. The summed E-state index contributed by atoms with van der Waals surface area (Å²) in [7, 11) is 0. The van der Waals surface area contributed by atoms with E-state index in [1.54, 1.807) is 24.3 Å². The number of thiol groups is 1. The molecule has 2 aromatic rings. The Balaban J connectivity index is 1.83. The first kappa shape index (κ1) is 13.5. The molecule has 0 saturated carbocycles. The molecule has 104 valence electrons. The minimum Gasteiger partial charge on any atom is -0.403 e. The van der Waals surface area contributed by atoms with Gasteiger partial charge < -0.3 is 4.42 Å². The molecule has 7 heteroatoms. The van der Waals surface area contributed by atoms with Crippen LogP contribution in [0.25, 0.3) is 11.5 Å². The van der Waals surface area contributed by atoms with Crippen LogP contribution in [-0.4, -0.2) is 28.4 Å². The van der Waals surface area contributed by atoms with Crippen LogP contribution >= 0.6 is 24.2 Å². The Morgan fingerprint density at radius 3 is 2.75 bits per heavy atom. The summed E-state index contributed by atoms with van der Waals surface area (Å²) < 4.78 is 5.57. The number of hydrogen-bond acceptors (Lipinski definition) is 5. The van der Waals surface area contributed by atoms with E-state index in [4.69, 9.17) is 16.0 Å². The molecule has 20 heavy (non-hydrogen) atoms. The number of benzene rings is 1. The fourth-order valence-electron chi connectivity index (χ4n) is 2.12. The first-order valence-corrected chi connectivity index (χ1v) is 7.19. The van der Waals surface area contributed by atoms with Crippen molar-refractivity contribution in [2.45, 2.75) is 6.42 Å². The molecule has 0 radical (unpaired) electrons. The first-order valence-electron chi connectivity index (χ1n) is 6.18. The van der Waals surface area contributed by atoms with E-state index in [9.17, 15) is 4.79 Å². The van der Waals surface area contributed by atoms with Gasteiger partial charge in [0, 0.05) is 23.6 Å². The maximum atomic E-state index is 11.9. The van der Waals surface area contributed by atoms with Crippen LogP contribution in [0.3, 0.4) is 0 Å². The van der Waals surface area contributed by atoms with E-state index in [2.05, 4.69) is 22.8 Å². The van der Waals surface area contributed by atoms with Crippen molar-refractivity contribution in [3.63, 3.8) is 0 Å². The number of carbonyl (C=O) groups excluding carboxylic acids is 1. The average Bonchev–Trinajstić information content (AvgIpc) is 3.06. The molecular weight excluding hydrogens is 298 g/mol.